The molecule has 9 heteroatoms. The Hall–Kier alpha value is -3.69. The van der Waals surface area contributed by atoms with Gasteiger partial charge in [0.2, 0.25) is 10.0 Å². The van der Waals surface area contributed by atoms with Gasteiger partial charge in [0.15, 0.2) is 0 Å². The van der Waals surface area contributed by atoms with Gasteiger partial charge >= 0.3 is 0 Å². The van der Waals surface area contributed by atoms with Crippen LogP contribution < -0.4 is 15.6 Å². The summed E-state index contributed by atoms with van der Waals surface area (Å²) in [5, 5.41) is 0. The molecule has 0 radical (unpaired) electrons. The standard InChI is InChI=1S/C26H27N3O5S/c1-19-7-4-8-20(15-19)18-34-23-11-5-9-21(16-23)25(30)27-28-26(31)22-10-6-12-24(17-22)35(32,33)29-13-2-3-14-29/h4-12,15-17H,2-3,13-14,18H2,1H3,(H,27,30)(H,28,31). The molecule has 1 aliphatic rings. The van der Waals surface area contributed by atoms with E-state index in [1.165, 1.54) is 28.6 Å². The highest BCUT2D eigenvalue weighted by atomic mass is 32.2. The molecule has 35 heavy (non-hydrogen) atoms. The highest BCUT2D eigenvalue weighted by Gasteiger charge is 2.27. The van der Waals surface area contributed by atoms with Crippen molar-refractivity contribution in [3.63, 3.8) is 0 Å². The summed E-state index contributed by atoms with van der Waals surface area (Å²) in [6.07, 6.45) is 1.65. The van der Waals surface area contributed by atoms with Gasteiger partial charge in [-0.3, -0.25) is 20.4 Å². The monoisotopic (exact) mass is 493 g/mol. The number of hydrogen-bond acceptors (Lipinski definition) is 5. The maximum atomic E-state index is 12.8. The molecule has 0 saturated carbocycles. The Labute approximate surface area is 204 Å². The molecule has 1 heterocycles. The Morgan fingerprint density at radius 1 is 0.857 bits per heavy atom. The molecular weight excluding hydrogens is 466 g/mol. The number of carbonyl (C=O) groups is 2. The van der Waals surface area contributed by atoms with E-state index in [-0.39, 0.29) is 10.5 Å². The van der Waals surface area contributed by atoms with Gasteiger partial charge in [0.25, 0.3) is 11.8 Å². The van der Waals surface area contributed by atoms with Crippen molar-refractivity contribution in [2.24, 2.45) is 0 Å². The molecular formula is C26H27N3O5S. The van der Waals surface area contributed by atoms with Gasteiger partial charge in [-0.05, 0) is 61.7 Å². The molecule has 0 atom stereocenters. The lowest BCUT2D eigenvalue weighted by Gasteiger charge is -2.16. The summed E-state index contributed by atoms with van der Waals surface area (Å²) < 4.78 is 32.7. The quantitative estimate of drug-likeness (QED) is 0.491. The van der Waals surface area contributed by atoms with Crippen molar-refractivity contribution < 1.29 is 22.7 Å². The summed E-state index contributed by atoms with van der Waals surface area (Å²) in [6.45, 7) is 3.32. The van der Waals surface area contributed by atoms with Crippen LogP contribution in [0.2, 0.25) is 0 Å². The Kier molecular flexibility index (Phi) is 7.48. The molecule has 0 unspecified atom stereocenters. The van der Waals surface area contributed by atoms with Crippen molar-refractivity contribution in [3.8, 4) is 5.75 Å². The van der Waals surface area contributed by atoms with E-state index in [1.54, 1.807) is 24.3 Å². The zero-order chi connectivity index (χ0) is 24.8. The predicted octanol–water partition coefficient (Wildman–Crippen LogP) is 3.43. The number of hydrazine groups is 1. The number of benzene rings is 3. The van der Waals surface area contributed by atoms with Crippen LogP contribution in [0.15, 0.2) is 77.7 Å². The molecule has 4 rings (SSSR count). The lowest BCUT2D eigenvalue weighted by Crippen LogP contribution is -2.41. The molecule has 0 spiro atoms. The number of ether oxygens (including phenoxy) is 1. The van der Waals surface area contributed by atoms with E-state index in [0.717, 1.165) is 24.0 Å². The summed E-state index contributed by atoms with van der Waals surface area (Å²) in [5.74, 6) is -0.630. The van der Waals surface area contributed by atoms with Crippen molar-refractivity contribution >= 4 is 21.8 Å². The van der Waals surface area contributed by atoms with Gasteiger partial charge in [0, 0.05) is 24.2 Å². The molecule has 1 fully saturated rings. The van der Waals surface area contributed by atoms with E-state index in [0.29, 0.717) is 31.0 Å². The number of nitrogens with one attached hydrogen (secondary N) is 2. The van der Waals surface area contributed by atoms with Crippen LogP contribution in [-0.2, 0) is 16.6 Å². The van der Waals surface area contributed by atoms with Gasteiger partial charge in [-0.2, -0.15) is 4.31 Å². The van der Waals surface area contributed by atoms with Crippen LogP contribution in [-0.4, -0.2) is 37.6 Å². The van der Waals surface area contributed by atoms with Gasteiger partial charge in [-0.1, -0.05) is 42.0 Å². The van der Waals surface area contributed by atoms with Gasteiger partial charge in [-0.15, -0.1) is 0 Å². The number of rotatable bonds is 7. The van der Waals surface area contributed by atoms with E-state index >= 15 is 0 Å². The molecule has 3 aromatic carbocycles. The molecule has 2 amide bonds. The zero-order valence-corrected chi connectivity index (χ0v) is 20.2. The topological polar surface area (TPSA) is 105 Å². The highest BCUT2D eigenvalue weighted by molar-refractivity contribution is 7.89. The van der Waals surface area contributed by atoms with Gasteiger partial charge < -0.3 is 4.74 Å². The second-order valence-corrected chi connectivity index (χ2v) is 10.3. The molecule has 1 aliphatic heterocycles. The lowest BCUT2D eigenvalue weighted by atomic mass is 10.1. The number of sulfonamides is 1. The number of nitrogens with zero attached hydrogens (tertiary/aromatic N) is 1. The lowest BCUT2D eigenvalue weighted by molar-refractivity contribution is 0.0846. The molecule has 0 aliphatic carbocycles. The van der Waals surface area contributed by atoms with Crippen molar-refractivity contribution in [3.05, 3.63) is 95.1 Å². The third kappa shape index (κ3) is 6.06. The van der Waals surface area contributed by atoms with Crippen molar-refractivity contribution in [1.29, 1.82) is 0 Å². The molecule has 1 saturated heterocycles. The summed E-state index contributed by atoms with van der Waals surface area (Å²) >= 11 is 0. The molecule has 3 aromatic rings. The normalized spacial score (nSPS) is 13.9. The highest BCUT2D eigenvalue weighted by Crippen LogP contribution is 2.21. The first-order valence-corrected chi connectivity index (χ1v) is 12.8. The van der Waals surface area contributed by atoms with Crippen LogP contribution in [0.1, 0.15) is 44.7 Å². The van der Waals surface area contributed by atoms with Crippen LogP contribution >= 0.6 is 0 Å². The summed E-state index contributed by atoms with van der Waals surface area (Å²) in [5.41, 5.74) is 7.28. The Morgan fingerprint density at radius 2 is 1.49 bits per heavy atom. The Balaban J connectivity index is 1.36. The minimum absolute atomic E-state index is 0.0526. The van der Waals surface area contributed by atoms with E-state index in [9.17, 15) is 18.0 Å². The summed E-state index contributed by atoms with van der Waals surface area (Å²) in [4.78, 5) is 25.2. The van der Waals surface area contributed by atoms with Crippen molar-refractivity contribution in [2.45, 2.75) is 31.3 Å². The Bertz CT molecular complexity index is 1330. The fourth-order valence-electron chi connectivity index (χ4n) is 3.83. The number of amides is 2. The van der Waals surface area contributed by atoms with E-state index in [2.05, 4.69) is 10.9 Å². The number of carbonyl (C=O) groups excluding carboxylic acids is 2. The first-order valence-electron chi connectivity index (χ1n) is 11.3. The van der Waals surface area contributed by atoms with Gasteiger partial charge in [0.05, 0.1) is 4.90 Å². The van der Waals surface area contributed by atoms with Crippen molar-refractivity contribution in [2.75, 3.05) is 13.1 Å². The van der Waals surface area contributed by atoms with Crippen LogP contribution in [0.3, 0.4) is 0 Å². The largest absolute Gasteiger partial charge is 0.489 e. The number of aryl methyl sites for hydroxylation is 1. The maximum Gasteiger partial charge on any atom is 0.269 e. The molecule has 182 valence electrons. The Morgan fingerprint density at radius 3 is 2.17 bits per heavy atom. The SMILES string of the molecule is Cc1cccc(COc2cccc(C(=O)NNC(=O)c3cccc(S(=O)(=O)N4CCCC4)c3)c2)c1. The molecule has 2 N–H and O–H groups in total. The summed E-state index contributed by atoms with van der Waals surface area (Å²) in [6, 6.07) is 20.3. The average molecular weight is 494 g/mol. The predicted molar refractivity (Wildman–Crippen MR) is 131 cm³/mol. The number of hydrogen-bond donors (Lipinski definition) is 2. The molecule has 8 nitrogen and oxygen atoms in total. The summed E-state index contributed by atoms with van der Waals surface area (Å²) in [7, 11) is -3.65. The van der Waals surface area contributed by atoms with Crippen molar-refractivity contribution in [1.82, 2.24) is 15.2 Å². The van der Waals surface area contributed by atoms with E-state index in [4.69, 9.17) is 4.74 Å². The van der Waals surface area contributed by atoms with Crippen LogP contribution in [0.5, 0.6) is 5.75 Å². The molecule has 0 bridgehead atoms. The first kappa shape index (κ1) is 24.4. The fourth-order valence-corrected chi connectivity index (χ4v) is 5.39. The minimum Gasteiger partial charge on any atom is -0.489 e. The smallest absolute Gasteiger partial charge is 0.269 e. The first-order chi connectivity index (χ1) is 16.8. The third-order valence-electron chi connectivity index (χ3n) is 5.67. The van der Waals surface area contributed by atoms with Crippen LogP contribution in [0.4, 0.5) is 0 Å². The van der Waals surface area contributed by atoms with E-state index in [1.807, 2.05) is 31.2 Å². The van der Waals surface area contributed by atoms with Gasteiger partial charge in [-0.25, -0.2) is 8.42 Å². The fraction of sp³-hybridized carbons (Fsp3) is 0.231. The maximum absolute atomic E-state index is 12.8. The second-order valence-electron chi connectivity index (χ2n) is 8.35. The minimum atomic E-state index is -3.65. The zero-order valence-electron chi connectivity index (χ0n) is 19.4. The van der Waals surface area contributed by atoms with Gasteiger partial charge in [0.1, 0.15) is 12.4 Å². The average Bonchev–Trinajstić information content (AvgIpc) is 3.42. The van der Waals surface area contributed by atoms with Crippen LogP contribution in [0, 0.1) is 6.92 Å². The second kappa shape index (κ2) is 10.7. The third-order valence-corrected chi connectivity index (χ3v) is 7.57. The van der Waals surface area contributed by atoms with Crippen LogP contribution in [0.25, 0.3) is 0 Å². The molecule has 0 aromatic heterocycles. The van der Waals surface area contributed by atoms with E-state index < -0.39 is 21.8 Å².